The lowest BCUT2D eigenvalue weighted by atomic mass is 10.3. The zero-order valence-corrected chi connectivity index (χ0v) is 14.2. The summed E-state index contributed by atoms with van der Waals surface area (Å²) in [6.07, 6.45) is -4.93. The average Bonchev–Trinajstić information content (AvgIpc) is 2.80. The monoisotopic (exact) mass is 407 g/mol. The van der Waals surface area contributed by atoms with E-state index in [4.69, 9.17) is 16.2 Å². The van der Waals surface area contributed by atoms with Gasteiger partial charge in [0, 0.05) is 0 Å². The molecule has 1 N–H and O–H groups in total. The van der Waals surface area contributed by atoms with Gasteiger partial charge in [0.2, 0.25) is 5.28 Å². The molecule has 0 aliphatic carbocycles. The van der Waals surface area contributed by atoms with Crippen LogP contribution in [0.15, 0.2) is 36.4 Å². The number of aromatic nitrogens is 3. The lowest BCUT2D eigenvalue weighted by Crippen LogP contribution is -2.18. The molecule has 26 heavy (non-hydrogen) atoms. The van der Waals surface area contributed by atoms with Crippen LogP contribution in [-0.4, -0.2) is 33.9 Å². The lowest BCUT2D eigenvalue weighted by Gasteiger charge is -2.14. The van der Waals surface area contributed by atoms with Crippen LogP contribution >= 0.6 is 11.6 Å². The fourth-order valence-corrected chi connectivity index (χ4v) is 3.10. The van der Waals surface area contributed by atoms with Crippen LogP contribution < -0.4 is 4.74 Å². The van der Waals surface area contributed by atoms with Crippen LogP contribution in [0.5, 0.6) is 5.75 Å². The summed E-state index contributed by atoms with van der Waals surface area (Å²) >= 11 is 6.04. The van der Waals surface area contributed by atoms with E-state index < -0.39 is 28.0 Å². The van der Waals surface area contributed by atoms with E-state index in [-0.39, 0.29) is 27.8 Å². The highest BCUT2D eigenvalue weighted by atomic mass is 35.5. The van der Waals surface area contributed by atoms with Crippen molar-refractivity contribution in [3.05, 3.63) is 47.4 Å². The fraction of sp³-hybridized carbons (Fsp3) is 0.143. The maximum atomic E-state index is 12.6. The van der Waals surface area contributed by atoms with Crippen LogP contribution in [0.3, 0.4) is 0 Å². The maximum Gasteiger partial charge on any atom is 0.573 e. The number of alkyl halides is 3. The van der Waals surface area contributed by atoms with Gasteiger partial charge in [-0.2, -0.15) is 8.42 Å². The average molecular weight is 408 g/mol. The Morgan fingerprint density at radius 1 is 1.15 bits per heavy atom. The van der Waals surface area contributed by atoms with Gasteiger partial charge in [-0.1, -0.05) is 12.1 Å². The fourth-order valence-electron chi connectivity index (χ4n) is 2.30. The molecule has 0 atom stereocenters. The van der Waals surface area contributed by atoms with E-state index in [2.05, 4.69) is 14.7 Å². The predicted octanol–water partition coefficient (Wildman–Crippen LogP) is 3.36. The first-order valence-corrected chi connectivity index (χ1v) is 8.86. The van der Waals surface area contributed by atoms with E-state index in [0.29, 0.717) is 0 Å². The molecule has 0 amide bonds. The van der Waals surface area contributed by atoms with Crippen molar-refractivity contribution in [3.63, 3.8) is 0 Å². The van der Waals surface area contributed by atoms with Crippen LogP contribution in [-0.2, 0) is 15.9 Å². The molecule has 138 valence electrons. The predicted molar refractivity (Wildman–Crippen MR) is 85.8 cm³/mol. The summed E-state index contributed by atoms with van der Waals surface area (Å²) in [6, 6.07) is 7.90. The molecule has 0 bridgehead atoms. The number of hydrogen-bond acceptors (Lipinski definition) is 5. The van der Waals surface area contributed by atoms with E-state index in [1.165, 1.54) is 30.3 Å². The van der Waals surface area contributed by atoms with Crippen LogP contribution in [0, 0.1) is 0 Å². The van der Waals surface area contributed by atoms with Gasteiger partial charge in [-0.25, -0.2) is 9.97 Å². The van der Waals surface area contributed by atoms with Gasteiger partial charge in [0.1, 0.15) is 11.3 Å². The van der Waals surface area contributed by atoms with Gasteiger partial charge < -0.3 is 4.74 Å². The molecule has 1 aromatic carbocycles. The second-order valence-corrected chi connectivity index (χ2v) is 6.89. The quantitative estimate of drug-likeness (QED) is 0.666. The third-order valence-electron chi connectivity index (χ3n) is 3.18. The summed E-state index contributed by atoms with van der Waals surface area (Å²) in [6.45, 7) is 0. The Labute approximate surface area is 149 Å². The van der Waals surface area contributed by atoms with Gasteiger partial charge in [0.15, 0.2) is 11.4 Å². The van der Waals surface area contributed by atoms with Gasteiger partial charge >= 0.3 is 6.36 Å². The molecular formula is C14H9ClF3N3O4S. The molecule has 2 heterocycles. The number of hydrogen-bond donors (Lipinski definition) is 1. The molecule has 0 aliphatic rings. The van der Waals surface area contributed by atoms with Crippen molar-refractivity contribution in [2.75, 3.05) is 0 Å². The largest absolute Gasteiger partial charge is 0.573 e. The Morgan fingerprint density at radius 2 is 1.85 bits per heavy atom. The van der Waals surface area contributed by atoms with Gasteiger partial charge in [-0.3, -0.25) is 9.12 Å². The van der Waals surface area contributed by atoms with Crippen LogP contribution in [0.1, 0.15) is 5.69 Å². The molecule has 7 nitrogen and oxygen atoms in total. The first-order chi connectivity index (χ1) is 12.0. The Morgan fingerprint density at radius 3 is 2.50 bits per heavy atom. The summed E-state index contributed by atoms with van der Waals surface area (Å²) < 4.78 is 74.0. The molecule has 3 rings (SSSR count). The summed E-state index contributed by atoms with van der Waals surface area (Å²) in [4.78, 5) is 8.02. The number of ether oxygens (including phenoxy) is 1. The molecule has 0 fully saturated rings. The summed E-state index contributed by atoms with van der Waals surface area (Å²) in [5.41, 5.74) is 0.103. The number of benzene rings is 1. The number of halogens is 4. The number of imidazole rings is 1. The van der Waals surface area contributed by atoms with Crippen LogP contribution in [0.2, 0.25) is 5.28 Å². The third-order valence-corrected chi connectivity index (χ3v) is 4.10. The molecule has 2 aromatic heterocycles. The minimum absolute atomic E-state index is 0.00868. The minimum atomic E-state index is -4.93. The van der Waals surface area contributed by atoms with Crippen molar-refractivity contribution in [3.8, 4) is 11.4 Å². The van der Waals surface area contributed by atoms with Crippen molar-refractivity contribution in [2.24, 2.45) is 0 Å². The smallest absolute Gasteiger partial charge is 0.404 e. The number of nitrogens with zero attached hydrogens (tertiary/aromatic N) is 3. The normalized spacial score (nSPS) is 12.5. The third kappa shape index (κ3) is 4.06. The van der Waals surface area contributed by atoms with Crippen molar-refractivity contribution >= 4 is 32.9 Å². The number of para-hydroxylation sites is 2. The van der Waals surface area contributed by atoms with E-state index in [0.717, 1.165) is 10.6 Å². The Hall–Kier alpha value is -2.37. The van der Waals surface area contributed by atoms with E-state index in [9.17, 15) is 21.6 Å². The Balaban J connectivity index is 2.19. The van der Waals surface area contributed by atoms with Gasteiger partial charge in [0.25, 0.3) is 10.1 Å². The molecular weight excluding hydrogens is 399 g/mol. The van der Waals surface area contributed by atoms with Gasteiger partial charge in [-0.05, 0) is 35.9 Å². The molecule has 3 aromatic rings. The highest BCUT2D eigenvalue weighted by molar-refractivity contribution is 7.85. The Bertz CT molecular complexity index is 1080. The maximum absolute atomic E-state index is 12.6. The van der Waals surface area contributed by atoms with Crippen molar-refractivity contribution < 1.29 is 30.9 Å². The molecule has 0 spiro atoms. The second-order valence-electron chi connectivity index (χ2n) is 5.10. The number of rotatable bonds is 4. The SMILES string of the molecule is O=S(=O)(O)Cc1ccc2nc(Cl)n(-c3ccccc3OC(F)(F)F)c2n1. The number of pyridine rings is 1. The van der Waals surface area contributed by atoms with Crippen molar-refractivity contribution in [2.45, 2.75) is 12.1 Å². The summed E-state index contributed by atoms with van der Waals surface area (Å²) in [5.74, 6) is -1.31. The van der Waals surface area contributed by atoms with Crippen LogP contribution in [0.4, 0.5) is 13.2 Å². The highest BCUT2D eigenvalue weighted by Gasteiger charge is 2.32. The van der Waals surface area contributed by atoms with E-state index in [1.54, 1.807) is 0 Å². The second kappa shape index (κ2) is 6.41. The van der Waals surface area contributed by atoms with Crippen LogP contribution in [0.25, 0.3) is 16.9 Å². The minimum Gasteiger partial charge on any atom is -0.404 e. The Kier molecular flexibility index (Phi) is 4.54. The highest BCUT2D eigenvalue weighted by Crippen LogP contribution is 2.33. The first-order valence-electron chi connectivity index (χ1n) is 6.88. The standard InChI is InChI=1S/C14H9ClF3N3O4S/c15-13-20-9-6-5-8(7-26(22,23)24)19-12(9)21(13)10-3-1-2-4-11(10)25-14(16,17)18/h1-6H,7H2,(H,22,23,24). The zero-order chi connectivity index (χ0) is 19.1. The zero-order valence-electron chi connectivity index (χ0n) is 12.6. The van der Waals surface area contributed by atoms with Crippen molar-refractivity contribution in [1.82, 2.24) is 14.5 Å². The molecule has 0 radical (unpaired) electrons. The van der Waals surface area contributed by atoms with Crippen molar-refractivity contribution in [1.29, 1.82) is 0 Å². The van der Waals surface area contributed by atoms with E-state index in [1.807, 2.05) is 0 Å². The summed E-state index contributed by atoms with van der Waals surface area (Å²) in [5, 5.41) is -0.199. The summed E-state index contributed by atoms with van der Waals surface area (Å²) in [7, 11) is -4.35. The molecule has 0 saturated heterocycles. The molecule has 0 aliphatic heterocycles. The molecule has 0 unspecified atom stereocenters. The molecule has 12 heteroatoms. The molecule has 0 saturated carbocycles. The van der Waals surface area contributed by atoms with Gasteiger partial charge in [0.05, 0.1) is 11.4 Å². The number of fused-ring (bicyclic) bond motifs is 1. The topological polar surface area (TPSA) is 94.3 Å². The lowest BCUT2D eigenvalue weighted by molar-refractivity contribution is -0.274. The van der Waals surface area contributed by atoms with E-state index >= 15 is 0 Å². The first kappa shape index (κ1) is 18.4. The van der Waals surface area contributed by atoms with Gasteiger partial charge in [-0.15, -0.1) is 13.2 Å².